The van der Waals surface area contributed by atoms with Gasteiger partial charge < -0.3 is 9.84 Å². The molecule has 0 radical (unpaired) electrons. The van der Waals surface area contributed by atoms with Crippen LogP contribution in [-0.2, 0) is 14.3 Å². The lowest BCUT2D eigenvalue weighted by Crippen LogP contribution is -2.35. The van der Waals surface area contributed by atoms with Gasteiger partial charge in [0.05, 0.1) is 21.9 Å². The summed E-state index contributed by atoms with van der Waals surface area (Å²) in [5.41, 5.74) is 3.48. The molecule has 0 atom stereocenters. The summed E-state index contributed by atoms with van der Waals surface area (Å²) >= 11 is 4.07. The number of anilines is 1. The molecule has 1 aliphatic heterocycles. The van der Waals surface area contributed by atoms with Crippen LogP contribution in [-0.4, -0.2) is 30.0 Å². The van der Waals surface area contributed by atoms with Crippen molar-refractivity contribution in [3.63, 3.8) is 0 Å². The molecule has 1 fully saturated rings. The van der Waals surface area contributed by atoms with Crippen molar-refractivity contribution in [1.29, 1.82) is 0 Å². The Bertz CT molecular complexity index is 986. The zero-order valence-corrected chi connectivity index (χ0v) is 18.1. The third-order valence-electron chi connectivity index (χ3n) is 3.80. The maximum absolute atomic E-state index is 12.7. The first-order valence-corrected chi connectivity index (χ1v) is 9.71. The van der Waals surface area contributed by atoms with Crippen LogP contribution >= 0.6 is 45.2 Å². The number of hydrogen-bond donors (Lipinski definition) is 2. The van der Waals surface area contributed by atoms with E-state index in [1.807, 2.05) is 22.6 Å². The Kier molecular flexibility index (Phi) is 5.69. The van der Waals surface area contributed by atoms with E-state index in [9.17, 15) is 19.5 Å². The molecule has 2 aromatic rings. The number of halogens is 2. The number of methoxy groups -OCH3 is 1. The fourth-order valence-corrected chi connectivity index (χ4v) is 4.34. The van der Waals surface area contributed by atoms with Gasteiger partial charge in [-0.1, -0.05) is 0 Å². The fourth-order valence-electron chi connectivity index (χ4n) is 2.46. The van der Waals surface area contributed by atoms with Gasteiger partial charge >= 0.3 is 5.97 Å². The van der Waals surface area contributed by atoms with E-state index in [1.165, 1.54) is 37.5 Å². The summed E-state index contributed by atoms with van der Waals surface area (Å²) in [4.78, 5) is 36.4. The molecule has 2 N–H and O–H groups in total. The number of nitrogens with one attached hydrogen (secondary N) is 1. The van der Waals surface area contributed by atoms with Gasteiger partial charge in [-0.25, -0.2) is 9.80 Å². The number of benzene rings is 2. The summed E-state index contributed by atoms with van der Waals surface area (Å²) < 4.78 is 6.11. The van der Waals surface area contributed by atoms with Crippen LogP contribution in [0.4, 0.5) is 5.69 Å². The molecule has 0 aliphatic carbocycles. The third kappa shape index (κ3) is 3.93. The number of ether oxygens (including phenoxy) is 1. The predicted molar refractivity (Wildman–Crippen MR) is 115 cm³/mol. The molecule has 1 aliphatic rings. The van der Waals surface area contributed by atoms with Crippen molar-refractivity contribution in [3.05, 3.63) is 60.2 Å². The van der Waals surface area contributed by atoms with Crippen molar-refractivity contribution in [2.75, 3.05) is 12.1 Å². The first-order chi connectivity index (χ1) is 12.8. The highest BCUT2D eigenvalue weighted by Gasteiger charge is 2.34. The molecule has 0 bridgehead atoms. The molecule has 1 heterocycles. The molecule has 0 saturated carbocycles. The normalized spacial score (nSPS) is 15.2. The van der Waals surface area contributed by atoms with E-state index < -0.39 is 17.8 Å². The molecule has 7 nitrogen and oxygen atoms in total. The molecule has 0 unspecified atom stereocenters. The smallest absolute Gasteiger partial charge is 0.337 e. The zero-order valence-electron chi connectivity index (χ0n) is 13.8. The number of hydrazine groups is 1. The van der Waals surface area contributed by atoms with Crippen LogP contribution in [0.2, 0.25) is 0 Å². The Morgan fingerprint density at radius 1 is 1.19 bits per heavy atom. The highest BCUT2D eigenvalue weighted by Crippen LogP contribution is 2.30. The number of esters is 1. The van der Waals surface area contributed by atoms with Crippen LogP contribution in [0.1, 0.15) is 15.9 Å². The highest BCUT2D eigenvalue weighted by molar-refractivity contribution is 14.1. The number of aromatic hydroxyl groups is 1. The second-order valence-electron chi connectivity index (χ2n) is 5.50. The molecule has 27 heavy (non-hydrogen) atoms. The van der Waals surface area contributed by atoms with Crippen molar-refractivity contribution in [3.8, 4) is 5.75 Å². The zero-order chi connectivity index (χ0) is 19.7. The molecule has 2 aromatic carbocycles. The SMILES string of the molecule is COC(=O)c1ccc(N2NC(=O)/C(=C\c3cc(I)cc(I)c3O)C2=O)cc1. The van der Waals surface area contributed by atoms with Crippen molar-refractivity contribution < 1.29 is 24.2 Å². The van der Waals surface area contributed by atoms with E-state index >= 15 is 0 Å². The van der Waals surface area contributed by atoms with E-state index in [0.29, 0.717) is 20.4 Å². The number of carbonyl (C=O) groups excluding carboxylic acids is 3. The Morgan fingerprint density at radius 2 is 1.85 bits per heavy atom. The second-order valence-corrected chi connectivity index (χ2v) is 7.91. The lowest BCUT2D eigenvalue weighted by Gasteiger charge is -2.14. The van der Waals surface area contributed by atoms with E-state index in [4.69, 9.17) is 0 Å². The van der Waals surface area contributed by atoms with Gasteiger partial charge in [-0.2, -0.15) is 0 Å². The number of amides is 2. The fraction of sp³-hybridized carbons (Fsp3) is 0.0556. The standard InChI is InChI=1S/C18H12I2N2O5/c1-27-18(26)9-2-4-12(5-3-9)22-17(25)13(16(24)21-22)7-10-6-11(19)8-14(20)15(10)23/h2-8,23H,1H3,(H,21,24)/b13-7+. The van der Waals surface area contributed by atoms with Crippen LogP contribution in [0.15, 0.2) is 42.0 Å². The maximum Gasteiger partial charge on any atom is 0.337 e. The monoisotopic (exact) mass is 590 g/mol. The Labute approximate surface area is 181 Å². The van der Waals surface area contributed by atoms with Gasteiger partial charge in [-0.05, 0) is 87.7 Å². The number of nitrogens with zero attached hydrogens (tertiary/aromatic N) is 1. The van der Waals surface area contributed by atoms with Crippen LogP contribution in [0.25, 0.3) is 6.08 Å². The van der Waals surface area contributed by atoms with Crippen LogP contribution in [0.5, 0.6) is 5.75 Å². The summed E-state index contributed by atoms with van der Waals surface area (Å²) in [6.45, 7) is 0. The average molecular weight is 590 g/mol. The van der Waals surface area contributed by atoms with E-state index in [-0.39, 0.29) is 11.3 Å². The number of phenolic OH excluding ortho intramolecular Hbond substituents is 1. The van der Waals surface area contributed by atoms with Gasteiger partial charge in [0.25, 0.3) is 11.8 Å². The van der Waals surface area contributed by atoms with Gasteiger partial charge in [0.1, 0.15) is 11.3 Å². The maximum atomic E-state index is 12.7. The van der Waals surface area contributed by atoms with Gasteiger partial charge in [0.15, 0.2) is 0 Å². The molecular weight excluding hydrogens is 578 g/mol. The van der Waals surface area contributed by atoms with E-state index in [1.54, 1.807) is 12.1 Å². The van der Waals surface area contributed by atoms with Gasteiger partial charge in [0.2, 0.25) is 0 Å². The quantitative estimate of drug-likeness (QED) is 0.248. The summed E-state index contributed by atoms with van der Waals surface area (Å²) in [7, 11) is 1.28. The summed E-state index contributed by atoms with van der Waals surface area (Å²) in [5, 5.41) is 11.3. The molecular formula is C18H12I2N2O5. The number of hydrogen-bond acceptors (Lipinski definition) is 5. The molecule has 3 rings (SSSR count). The molecule has 138 valence electrons. The first-order valence-electron chi connectivity index (χ1n) is 7.55. The van der Waals surface area contributed by atoms with Gasteiger partial charge in [-0.15, -0.1) is 0 Å². The average Bonchev–Trinajstić information content (AvgIpc) is 2.93. The Balaban J connectivity index is 1.93. The second kappa shape index (κ2) is 7.84. The van der Waals surface area contributed by atoms with Crippen LogP contribution in [0.3, 0.4) is 0 Å². The molecule has 2 amide bonds. The third-order valence-corrected chi connectivity index (χ3v) is 5.24. The number of carbonyl (C=O) groups is 3. The minimum absolute atomic E-state index is 0.00463. The number of phenols is 1. The molecule has 9 heteroatoms. The largest absolute Gasteiger partial charge is 0.506 e. The Morgan fingerprint density at radius 3 is 2.48 bits per heavy atom. The topological polar surface area (TPSA) is 95.9 Å². The van der Waals surface area contributed by atoms with Crippen molar-refractivity contribution >= 4 is 74.7 Å². The number of rotatable bonds is 3. The van der Waals surface area contributed by atoms with E-state index in [2.05, 4.69) is 32.8 Å². The molecule has 0 aromatic heterocycles. The Hall–Kier alpha value is -2.15. The molecule has 1 saturated heterocycles. The van der Waals surface area contributed by atoms with Crippen LogP contribution < -0.4 is 10.4 Å². The van der Waals surface area contributed by atoms with Crippen molar-refractivity contribution in [2.24, 2.45) is 0 Å². The van der Waals surface area contributed by atoms with Gasteiger partial charge in [0, 0.05) is 9.13 Å². The lowest BCUT2D eigenvalue weighted by molar-refractivity contribution is -0.117. The lowest BCUT2D eigenvalue weighted by atomic mass is 10.1. The summed E-state index contributed by atoms with van der Waals surface area (Å²) in [5.74, 6) is -1.63. The van der Waals surface area contributed by atoms with Crippen LogP contribution in [0, 0.1) is 7.14 Å². The van der Waals surface area contributed by atoms with Crippen molar-refractivity contribution in [2.45, 2.75) is 0 Å². The summed E-state index contributed by atoms with van der Waals surface area (Å²) in [6.07, 6.45) is 1.36. The van der Waals surface area contributed by atoms with E-state index in [0.717, 1.165) is 8.58 Å². The van der Waals surface area contributed by atoms with Gasteiger partial charge in [-0.3, -0.25) is 15.0 Å². The summed E-state index contributed by atoms with van der Waals surface area (Å²) in [6, 6.07) is 9.51. The minimum Gasteiger partial charge on any atom is -0.506 e. The first kappa shape index (κ1) is 19.6. The highest BCUT2D eigenvalue weighted by atomic mass is 127. The predicted octanol–water partition coefficient (Wildman–Crippen LogP) is 2.85. The minimum atomic E-state index is -0.578. The van der Waals surface area contributed by atoms with Crippen molar-refractivity contribution in [1.82, 2.24) is 5.43 Å². The molecule has 0 spiro atoms.